The average molecular weight is 236 g/mol. The van der Waals surface area contributed by atoms with Crippen LogP contribution in [-0.2, 0) is 11.2 Å². The van der Waals surface area contributed by atoms with Crippen LogP contribution in [0.3, 0.4) is 0 Å². The highest BCUT2D eigenvalue weighted by Gasteiger charge is 2.21. The lowest BCUT2D eigenvalue weighted by Crippen LogP contribution is -2.22. The molecule has 1 aromatic carbocycles. The highest BCUT2D eigenvalue weighted by Crippen LogP contribution is 2.26. The number of carbonyl (C=O) groups excluding carboxylic acids is 1. The molecule has 3 heteroatoms. The van der Waals surface area contributed by atoms with Gasteiger partial charge in [-0.15, -0.1) is 0 Å². The Balaban J connectivity index is 1.93. The second kappa shape index (κ2) is 5.39. The molecular weight excluding hydrogens is 220 g/mol. The molecule has 0 saturated carbocycles. The molecule has 1 aliphatic rings. The molecule has 1 aliphatic heterocycles. The number of benzene rings is 1. The normalized spacial score (nSPS) is 20.6. The average Bonchev–Trinajstić information content (AvgIpc) is 2.33. The first kappa shape index (κ1) is 11.5. The number of phenols is 1. The molecule has 2 rings (SSSR count). The fourth-order valence-corrected chi connectivity index (χ4v) is 3.18. The van der Waals surface area contributed by atoms with Gasteiger partial charge in [0, 0.05) is 6.42 Å². The first-order chi connectivity index (χ1) is 7.75. The number of carbonyl (C=O) groups is 1. The van der Waals surface area contributed by atoms with Crippen LogP contribution in [0.15, 0.2) is 24.3 Å². The lowest BCUT2D eigenvalue weighted by Gasteiger charge is -2.19. The zero-order chi connectivity index (χ0) is 11.4. The molecule has 1 unspecified atom stereocenters. The monoisotopic (exact) mass is 236 g/mol. The van der Waals surface area contributed by atoms with Gasteiger partial charge in [0.05, 0.1) is 5.25 Å². The highest BCUT2D eigenvalue weighted by molar-refractivity contribution is 8.00. The number of thioether (sulfide) groups is 1. The molecule has 2 nitrogen and oxygen atoms in total. The summed E-state index contributed by atoms with van der Waals surface area (Å²) in [4.78, 5) is 12.0. The first-order valence-corrected chi connectivity index (χ1v) is 6.73. The molecular formula is C13H16O2S. The van der Waals surface area contributed by atoms with Gasteiger partial charge in [0.1, 0.15) is 11.5 Å². The zero-order valence-corrected chi connectivity index (χ0v) is 10.0. The van der Waals surface area contributed by atoms with Crippen LogP contribution >= 0.6 is 11.8 Å². The second-order valence-electron chi connectivity index (χ2n) is 4.16. The van der Waals surface area contributed by atoms with Gasteiger partial charge in [-0.05, 0) is 36.3 Å². The summed E-state index contributed by atoms with van der Waals surface area (Å²) >= 11 is 1.79. The van der Waals surface area contributed by atoms with Crippen LogP contribution in [0.25, 0.3) is 0 Å². The summed E-state index contributed by atoms with van der Waals surface area (Å²) in [7, 11) is 0. The van der Waals surface area contributed by atoms with Crippen LogP contribution in [0.4, 0.5) is 0 Å². The largest absolute Gasteiger partial charge is 0.508 e. The minimum absolute atomic E-state index is 0.197. The summed E-state index contributed by atoms with van der Waals surface area (Å²) in [5.41, 5.74) is 0.994. The van der Waals surface area contributed by atoms with E-state index >= 15 is 0 Å². The van der Waals surface area contributed by atoms with Crippen LogP contribution in [0.5, 0.6) is 5.75 Å². The molecule has 1 heterocycles. The van der Waals surface area contributed by atoms with Crippen molar-refractivity contribution in [3.63, 3.8) is 0 Å². The Bertz CT molecular complexity index is 353. The Kier molecular flexibility index (Phi) is 3.88. The summed E-state index contributed by atoms with van der Waals surface area (Å²) in [6.07, 6.45) is 3.95. The van der Waals surface area contributed by atoms with E-state index in [1.807, 2.05) is 12.1 Å². The van der Waals surface area contributed by atoms with Crippen molar-refractivity contribution in [3.8, 4) is 5.75 Å². The predicted octanol–water partition coefficient (Wildman–Crippen LogP) is 2.79. The maximum Gasteiger partial charge on any atom is 0.150 e. The van der Waals surface area contributed by atoms with Crippen molar-refractivity contribution in [2.24, 2.45) is 0 Å². The lowest BCUT2D eigenvalue weighted by molar-refractivity contribution is -0.118. The van der Waals surface area contributed by atoms with E-state index in [9.17, 15) is 4.79 Å². The second-order valence-corrected chi connectivity index (χ2v) is 5.48. The molecule has 1 N–H and O–H groups in total. The van der Waals surface area contributed by atoms with Crippen molar-refractivity contribution >= 4 is 17.5 Å². The summed E-state index contributed by atoms with van der Waals surface area (Å²) in [5, 5.41) is 9.35. The SMILES string of the molecule is O=C(Cc1ccc(O)cc1)C1CCCCS1. The molecule has 0 amide bonds. The Labute approximate surface area is 100 Å². The summed E-state index contributed by atoms with van der Waals surface area (Å²) in [6, 6.07) is 6.91. The third kappa shape index (κ3) is 3.01. The lowest BCUT2D eigenvalue weighted by atomic mass is 10.0. The fourth-order valence-electron chi connectivity index (χ4n) is 1.92. The smallest absolute Gasteiger partial charge is 0.150 e. The van der Waals surface area contributed by atoms with Gasteiger partial charge in [-0.3, -0.25) is 4.79 Å². The van der Waals surface area contributed by atoms with Gasteiger partial charge in [0.2, 0.25) is 0 Å². The number of phenolic OH excluding ortho intramolecular Hbond substituents is 1. The summed E-state index contributed by atoms with van der Waals surface area (Å²) in [6.45, 7) is 0. The van der Waals surface area contributed by atoms with Crippen LogP contribution in [0, 0.1) is 0 Å². The molecule has 0 radical (unpaired) electrons. The van der Waals surface area contributed by atoms with Crippen LogP contribution in [0.2, 0.25) is 0 Å². The molecule has 1 saturated heterocycles. The van der Waals surface area contributed by atoms with Crippen molar-refractivity contribution in [1.29, 1.82) is 0 Å². The van der Waals surface area contributed by atoms with Crippen LogP contribution in [-0.4, -0.2) is 21.9 Å². The van der Waals surface area contributed by atoms with E-state index in [2.05, 4.69) is 0 Å². The third-order valence-electron chi connectivity index (χ3n) is 2.85. The predicted molar refractivity (Wildman–Crippen MR) is 66.9 cm³/mol. The van der Waals surface area contributed by atoms with E-state index in [-0.39, 0.29) is 11.0 Å². The maximum absolute atomic E-state index is 12.0. The van der Waals surface area contributed by atoms with E-state index in [1.165, 1.54) is 12.8 Å². The molecule has 1 atom stereocenters. The van der Waals surface area contributed by atoms with Gasteiger partial charge in [0.15, 0.2) is 0 Å². The molecule has 16 heavy (non-hydrogen) atoms. The molecule has 0 bridgehead atoms. The van der Waals surface area contributed by atoms with Gasteiger partial charge in [-0.25, -0.2) is 0 Å². The molecule has 0 spiro atoms. The first-order valence-electron chi connectivity index (χ1n) is 5.68. The zero-order valence-electron chi connectivity index (χ0n) is 9.19. The Morgan fingerprint density at radius 1 is 1.31 bits per heavy atom. The Morgan fingerprint density at radius 3 is 2.69 bits per heavy atom. The van der Waals surface area contributed by atoms with Gasteiger partial charge >= 0.3 is 0 Å². The summed E-state index contributed by atoms with van der Waals surface area (Å²) in [5.74, 6) is 1.70. The van der Waals surface area contributed by atoms with Crippen molar-refractivity contribution in [2.45, 2.75) is 30.9 Å². The number of Topliss-reactive ketones (excluding diaryl/α,β-unsaturated/α-hetero) is 1. The number of hydrogen-bond donors (Lipinski definition) is 1. The minimum atomic E-state index is 0.197. The standard InChI is InChI=1S/C13H16O2S/c14-11-6-4-10(5-7-11)9-12(15)13-3-1-2-8-16-13/h4-7,13-14H,1-3,8-9H2. The van der Waals surface area contributed by atoms with Crippen molar-refractivity contribution in [2.75, 3.05) is 5.75 Å². The minimum Gasteiger partial charge on any atom is -0.508 e. The fraction of sp³-hybridized carbons (Fsp3) is 0.462. The molecule has 0 aromatic heterocycles. The topological polar surface area (TPSA) is 37.3 Å². The molecule has 86 valence electrons. The van der Waals surface area contributed by atoms with E-state index in [0.717, 1.165) is 17.7 Å². The Hall–Kier alpha value is -0.960. The molecule has 1 fully saturated rings. The van der Waals surface area contributed by atoms with Gasteiger partial charge in [-0.1, -0.05) is 18.6 Å². The van der Waals surface area contributed by atoms with Crippen molar-refractivity contribution in [3.05, 3.63) is 29.8 Å². The number of aromatic hydroxyl groups is 1. The van der Waals surface area contributed by atoms with E-state index in [1.54, 1.807) is 23.9 Å². The third-order valence-corrected chi connectivity index (χ3v) is 4.28. The molecule has 0 aliphatic carbocycles. The maximum atomic E-state index is 12.0. The van der Waals surface area contributed by atoms with E-state index < -0.39 is 0 Å². The van der Waals surface area contributed by atoms with Gasteiger partial charge < -0.3 is 5.11 Å². The number of rotatable bonds is 3. The Morgan fingerprint density at radius 2 is 2.06 bits per heavy atom. The number of hydrogen-bond acceptors (Lipinski definition) is 3. The van der Waals surface area contributed by atoms with Crippen molar-refractivity contribution in [1.82, 2.24) is 0 Å². The van der Waals surface area contributed by atoms with Crippen LogP contribution in [0.1, 0.15) is 24.8 Å². The highest BCUT2D eigenvalue weighted by atomic mass is 32.2. The number of ketones is 1. The van der Waals surface area contributed by atoms with Gasteiger partial charge in [-0.2, -0.15) is 11.8 Å². The van der Waals surface area contributed by atoms with Crippen molar-refractivity contribution < 1.29 is 9.90 Å². The summed E-state index contributed by atoms with van der Waals surface area (Å²) < 4.78 is 0. The van der Waals surface area contributed by atoms with Gasteiger partial charge in [0.25, 0.3) is 0 Å². The van der Waals surface area contributed by atoms with Crippen LogP contribution < -0.4 is 0 Å². The van der Waals surface area contributed by atoms with E-state index in [4.69, 9.17) is 5.11 Å². The quantitative estimate of drug-likeness (QED) is 0.877. The van der Waals surface area contributed by atoms with E-state index in [0.29, 0.717) is 12.2 Å². The molecule has 1 aromatic rings.